The van der Waals surface area contributed by atoms with Gasteiger partial charge < -0.3 is 15.8 Å². The molecule has 1 aromatic carbocycles. The molecule has 0 amide bonds. The summed E-state index contributed by atoms with van der Waals surface area (Å²) in [7, 11) is -8.01. The van der Waals surface area contributed by atoms with Crippen LogP contribution in [0.25, 0.3) is 0 Å². The van der Waals surface area contributed by atoms with Gasteiger partial charge >= 0.3 is 0 Å². The second-order valence-electron chi connectivity index (χ2n) is 8.27. The van der Waals surface area contributed by atoms with E-state index in [1.165, 1.54) is 16.4 Å². The molecule has 3 heterocycles. The third kappa shape index (κ3) is 5.19. The fourth-order valence-electron chi connectivity index (χ4n) is 4.30. The second kappa shape index (κ2) is 9.63. The van der Waals surface area contributed by atoms with E-state index in [9.17, 15) is 21.2 Å². The summed E-state index contributed by atoms with van der Waals surface area (Å²) in [4.78, 5) is 4.14. The Balaban J connectivity index is 1.61. The first-order valence-electron chi connectivity index (χ1n) is 10.7. The van der Waals surface area contributed by atoms with Gasteiger partial charge in [0.1, 0.15) is 12.4 Å². The molecule has 2 aromatic rings. The Hall–Kier alpha value is -2.12. The van der Waals surface area contributed by atoms with E-state index in [4.69, 9.17) is 10.5 Å². The zero-order chi connectivity index (χ0) is 23.6. The summed E-state index contributed by atoms with van der Waals surface area (Å²) >= 11 is 0. The van der Waals surface area contributed by atoms with Crippen molar-refractivity contribution in [2.24, 2.45) is 5.73 Å². The maximum absolute atomic E-state index is 13.5. The number of hydrogen-bond donors (Lipinski definition) is 2. The molecule has 3 N–H and O–H groups in total. The number of aromatic nitrogens is 1. The third-order valence-electron chi connectivity index (χ3n) is 6.10. The number of nitrogens with two attached hydrogens (primary N) is 1. The van der Waals surface area contributed by atoms with Gasteiger partial charge in [0.15, 0.2) is 14.4 Å². The highest BCUT2D eigenvalue weighted by Crippen LogP contribution is 2.36. The fraction of sp³-hybridized carbons (Fsp3) is 0.476. The number of nitrogens with zero attached hydrogens (tertiary/aromatic N) is 2. The number of pyridine rings is 1. The minimum absolute atomic E-state index is 0.00184. The Labute approximate surface area is 193 Å². The topological polar surface area (TPSA) is 132 Å². The average Bonchev–Trinajstić information content (AvgIpc) is 3.23. The molecule has 4 rings (SSSR count). The van der Waals surface area contributed by atoms with Crippen molar-refractivity contribution in [1.29, 1.82) is 0 Å². The van der Waals surface area contributed by atoms with Crippen LogP contribution in [0.5, 0.6) is 5.88 Å². The SMILES string of the molecule is NCc1ccnc(OC[C@H]2C[C@@H](c3ccc(F)cc3)CN2S(=O)(=O)C2CNCCS2(=O)=O)c1. The van der Waals surface area contributed by atoms with Crippen LogP contribution in [-0.2, 0) is 26.4 Å². The van der Waals surface area contributed by atoms with Crippen molar-refractivity contribution < 1.29 is 26.0 Å². The fourth-order valence-corrected chi connectivity index (χ4v) is 9.05. The molecule has 180 valence electrons. The molecule has 33 heavy (non-hydrogen) atoms. The first-order valence-corrected chi connectivity index (χ1v) is 13.9. The van der Waals surface area contributed by atoms with Crippen molar-refractivity contribution in [1.82, 2.24) is 14.6 Å². The molecule has 3 atom stereocenters. The standard InChI is InChI=1S/C21H27FN4O5S2/c22-18-3-1-16(2-4-18)17-10-19(14-31-20-9-15(11-23)5-6-25-20)26(13-17)33(29,30)21-12-24-7-8-32(21,27)28/h1-6,9,17,19,21,24H,7-8,10-14,23H2/t17-,19-,21?/m1/s1. The summed E-state index contributed by atoms with van der Waals surface area (Å²) in [6.07, 6.45) is 1.96. The number of benzene rings is 1. The van der Waals surface area contributed by atoms with Crippen LogP contribution in [0.1, 0.15) is 23.5 Å². The van der Waals surface area contributed by atoms with E-state index in [-0.39, 0.29) is 43.7 Å². The van der Waals surface area contributed by atoms with Crippen LogP contribution in [0, 0.1) is 5.82 Å². The zero-order valence-electron chi connectivity index (χ0n) is 17.9. The maximum atomic E-state index is 13.5. The van der Waals surface area contributed by atoms with E-state index in [2.05, 4.69) is 10.3 Å². The summed E-state index contributed by atoms with van der Waals surface area (Å²) in [6.45, 7) is 0.461. The largest absolute Gasteiger partial charge is 0.476 e. The average molecular weight is 499 g/mol. The Morgan fingerprint density at radius 3 is 2.70 bits per heavy atom. The van der Waals surface area contributed by atoms with Gasteiger partial charge in [-0.05, 0) is 41.7 Å². The van der Waals surface area contributed by atoms with Gasteiger partial charge in [-0.25, -0.2) is 26.2 Å². The highest BCUT2D eigenvalue weighted by Gasteiger charge is 2.48. The van der Waals surface area contributed by atoms with E-state index in [1.54, 1.807) is 30.5 Å². The summed E-state index contributed by atoms with van der Waals surface area (Å²) < 4.78 is 71.1. The van der Waals surface area contributed by atoms with Crippen molar-refractivity contribution in [3.63, 3.8) is 0 Å². The molecule has 2 aliphatic rings. The van der Waals surface area contributed by atoms with Gasteiger partial charge in [-0.2, -0.15) is 4.31 Å². The van der Waals surface area contributed by atoms with Crippen molar-refractivity contribution in [2.75, 3.05) is 32.0 Å². The minimum Gasteiger partial charge on any atom is -0.476 e. The third-order valence-corrected chi connectivity index (χ3v) is 11.4. The van der Waals surface area contributed by atoms with E-state index >= 15 is 0 Å². The minimum atomic E-state index is -4.20. The number of rotatable bonds is 7. The van der Waals surface area contributed by atoms with Crippen LogP contribution in [0.15, 0.2) is 42.6 Å². The normalized spacial score (nSPS) is 25.7. The smallest absolute Gasteiger partial charge is 0.233 e. The van der Waals surface area contributed by atoms with E-state index < -0.39 is 30.5 Å². The Kier molecular flexibility index (Phi) is 7.01. The molecule has 2 fully saturated rings. The summed E-state index contributed by atoms with van der Waals surface area (Å²) in [5.74, 6) is -0.529. The number of hydrogen-bond acceptors (Lipinski definition) is 8. The van der Waals surface area contributed by atoms with Crippen molar-refractivity contribution >= 4 is 19.9 Å². The van der Waals surface area contributed by atoms with Gasteiger partial charge in [0.25, 0.3) is 0 Å². The molecular formula is C21H27FN4O5S2. The Morgan fingerprint density at radius 2 is 2.00 bits per heavy atom. The molecule has 1 unspecified atom stereocenters. The zero-order valence-corrected chi connectivity index (χ0v) is 19.6. The summed E-state index contributed by atoms with van der Waals surface area (Å²) in [5.41, 5.74) is 7.26. The van der Waals surface area contributed by atoms with Gasteiger partial charge in [-0.15, -0.1) is 0 Å². The lowest BCUT2D eigenvalue weighted by Crippen LogP contribution is -2.54. The lowest BCUT2D eigenvalue weighted by molar-refractivity contribution is 0.225. The molecule has 0 saturated carbocycles. The predicted octanol–water partition coefficient (Wildman–Crippen LogP) is 0.590. The first kappa shape index (κ1) is 24.0. The molecule has 2 saturated heterocycles. The molecule has 9 nitrogen and oxygen atoms in total. The molecule has 12 heteroatoms. The molecule has 0 aliphatic carbocycles. The van der Waals surface area contributed by atoms with Gasteiger partial charge in [0, 0.05) is 38.4 Å². The monoisotopic (exact) mass is 498 g/mol. The first-order chi connectivity index (χ1) is 15.7. The van der Waals surface area contributed by atoms with Crippen molar-refractivity contribution in [3.05, 3.63) is 59.5 Å². The second-order valence-corrected chi connectivity index (χ2v) is 12.9. The maximum Gasteiger partial charge on any atom is 0.233 e. The number of ether oxygens (including phenoxy) is 1. The van der Waals surface area contributed by atoms with Crippen LogP contribution in [0.2, 0.25) is 0 Å². The summed E-state index contributed by atoms with van der Waals surface area (Å²) in [5, 5.41) is 2.87. The Bertz CT molecular complexity index is 1190. The van der Waals surface area contributed by atoms with Gasteiger partial charge in [0.05, 0.1) is 11.8 Å². The number of halogens is 1. The predicted molar refractivity (Wildman–Crippen MR) is 121 cm³/mol. The summed E-state index contributed by atoms with van der Waals surface area (Å²) in [6, 6.07) is 8.74. The lowest BCUT2D eigenvalue weighted by Gasteiger charge is -2.30. The van der Waals surface area contributed by atoms with Gasteiger partial charge in [-0.1, -0.05) is 12.1 Å². The van der Waals surface area contributed by atoms with Crippen LogP contribution >= 0.6 is 0 Å². The quantitative estimate of drug-likeness (QED) is 0.567. The molecule has 0 spiro atoms. The van der Waals surface area contributed by atoms with Gasteiger partial charge in [-0.3, -0.25) is 0 Å². The van der Waals surface area contributed by atoms with Crippen LogP contribution in [-0.4, -0.2) is 68.7 Å². The highest BCUT2D eigenvalue weighted by atomic mass is 32.3. The molecule has 0 bridgehead atoms. The van der Waals surface area contributed by atoms with Crippen LogP contribution in [0.4, 0.5) is 4.39 Å². The molecule has 2 aliphatic heterocycles. The molecule has 1 aromatic heterocycles. The number of nitrogens with one attached hydrogen (secondary N) is 1. The highest BCUT2D eigenvalue weighted by molar-refractivity contribution is 8.08. The van der Waals surface area contributed by atoms with Gasteiger partial charge in [0.2, 0.25) is 15.9 Å². The molecular weight excluding hydrogens is 471 g/mol. The van der Waals surface area contributed by atoms with Crippen molar-refractivity contribution in [2.45, 2.75) is 29.5 Å². The number of sulfonamides is 1. The molecule has 0 radical (unpaired) electrons. The van der Waals surface area contributed by atoms with E-state index in [0.717, 1.165) is 11.1 Å². The number of sulfone groups is 1. The van der Waals surface area contributed by atoms with Crippen LogP contribution < -0.4 is 15.8 Å². The van der Waals surface area contributed by atoms with Crippen LogP contribution in [0.3, 0.4) is 0 Å². The van der Waals surface area contributed by atoms with E-state index in [1.807, 2.05) is 0 Å². The Morgan fingerprint density at radius 1 is 1.24 bits per heavy atom. The van der Waals surface area contributed by atoms with E-state index in [0.29, 0.717) is 18.8 Å². The van der Waals surface area contributed by atoms with Crippen molar-refractivity contribution in [3.8, 4) is 5.88 Å². The lowest BCUT2D eigenvalue weighted by atomic mass is 9.96.